The molecule has 0 aromatic rings. The average Bonchev–Trinajstić information content (AvgIpc) is 2.51. The molecular formula is C25H56O2. The first-order chi connectivity index (χ1) is 11.0. The van der Waals surface area contributed by atoms with Crippen molar-refractivity contribution >= 4 is 11.6 Å². The van der Waals surface area contributed by atoms with Crippen LogP contribution in [0.15, 0.2) is 0 Å². The normalized spacial score (nSPS) is 9.93. The third kappa shape index (κ3) is 16.0. The molecule has 0 spiro atoms. The van der Waals surface area contributed by atoms with Gasteiger partial charge in [0.15, 0.2) is 0 Å². The van der Waals surface area contributed by atoms with E-state index >= 15 is 0 Å². The number of carbonyl (C=O) groups is 2. The van der Waals surface area contributed by atoms with Gasteiger partial charge in [-0.2, -0.15) is 0 Å². The molecule has 0 amide bonds. The molecule has 0 atom stereocenters. The predicted octanol–water partition coefficient (Wildman–Crippen LogP) is 9.20. The van der Waals surface area contributed by atoms with E-state index in [2.05, 4.69) is 13.8 Å². The van der Waals surface area contributed by atoms with Crippen molar-refractivity contribution < 1.29 is 9.59 Å². The second kappa shape index (κ2) is 23.4. The molecule has 2 nitrogen and oxygen atoms in total. The molecule has 0 aliphatic carbocycles. The van der Waals surface area contributed by atoms with Crippen LogP contribution in [0.1, 0.15) is 147 Å². The largest absolute Gasteiger partial charge is 0.299 e. The van der Waals surface area contributed by atoms with Crippen LogP contribution in [-0.4, -0.2) is 11.6 Å². The highest BCUT2D eigenvalue weighted by Gasteiger charge is 2.38. The molecule has 0 aliphatic rings. The smallest absolute Gasteiger partial charge is 0.143 e. The lowest BCUT2D eigenvalue weighted by molar-refractivity contribution is -0.139. The lowest BCUT2D eigenvalue weighted by Gasteiger charge is -2.29. The highest BCUT2D eigenvalue weighted by atomic mass is 16.2. The number of ketones is 2. The number of hydrogen-bond donors (Lipinski definition) is 0. The second-order valence-electron chi connectivity index (χ2n) is 7.23. The first-order valence-corrected chi connectivity index (χ1v) is 10.0. The number of Topliss-reactive ketones (excluding diaryl/α,β-unsaturated/α-hetero) is 2. The molecular weight excluding hydrogens is 332 g/mol. The quantitative estimate of drug-likeness (QED) is 0.195. The van der Waals surface area contributed by atoms with Crippen LogP contribution in [-0.2, 0) is 9.59 Å². The van der Waals surface area contributed by atoms with Gasteiger partial charge < -0.3 is 0 Å². The molecule has 168 valence electrons. The fraction of sp³-hybridized carbons (Fsp3) is 0.920. The van der Waals surface area contributed by atoms with Crippen LogP contribution in [0.25, 0.3) is 0 Å². The minimum atomic E-state index is -0.685. The molecule has 0 N–H and O–H groups in total. The van der Waals surface area contributed by atoms with E-state index in [0.717, 1.165) is 38.5 Å². The van der Waals surface area contributed by atoms with Gasteiger partial charge in [-0.3, -0.25) is 9.59 Å². The van der Waals surface area contributed by atoms with Gasteiger partial charge in [-0.1, -0.05) is 121 Å². The molecule has 2 heteroatoms. The van der Waals surface area contributed by atoms with Crippen LogP contribution in [0.5, 0.6) is 0 Å². The van der Waals surface area contributed by atoms with Gasteiger partial charge in [0.1, 0.15) is 11.6 Å². The van der Waals surface area contributed by atoms with E-state index in [4.69, 9.17) is 0 Å². The van der Waals surface area contributed by atoms with Crippen molar-refractivity contribution in [1.82, 2.24) is 0 Å². The summed E-state index contributed by atoms with van der Waals surface area (Å²) in [7, 11) is 0. The van der Waals surface area contributed by atoms with Crippen LogP contribution in [0, 0.1) is 5.41 Å². The monoisotopic (exact) mass is 388 g/mol. The standard InChI is InChI=1S/C21H40O2.4CH4/c1-5-7-9-11-13-15-17-21(19(3)22,20(4)23)18-16-14-12-10-8-6-2;;;;/h5-18H2,1-4H3;4*1H4. The SMILES string of the molecule is C.C.C.C.CCCCCCCCC(CCCCCCCC)(C(C)=O)C(C)=O. The summed E-state index contributed by atoms with van der Waals surface area (Å²) >= 11 is 0. The molecule has 0 saturated carbocycles. The van der Waals surface area contributed by atoms with E-state index in [1.165, 1.54) is 51.4 Å². The van der Waals surface area contributed by atoms with Gasteiger partial charge in [0, 0.05) is 0 Å². The molecule has 0 rings (SSSR count). The molecule has 0 saturated heterocycles. The topological polar surface area (TPSA) is 34.1 Å². The molecule has 0 aliphatic heterocycles. The van der Waals surface area contributed by atoms with Gasteiger partial charge in [0.2, 0.25) is 0 Å². The van der Waals surface area contributed by atoms with Crippen molar-refractivity contribution in [3.05, 3.63) is 0 Å². The zero-order chi connectivity index (χ0) is 17.6. The third-order valence-corrected chi connectivity index (χ3v) is 5.26. The summed E-state index contributed by atoms with van der Waals surface area (Å²) in [6.07, 6.45) is 16.0. The van der Waals surface area contributed by atoms with Crippen molar-refractivity contribution in [3.63, 3.8) is 0 Å². The Bertz CT molecular complexity index is 288. The Morgan fingerprint density at radius 1 is 0.519 bits per heavy atom. The zero-order valence-corrected chi connectivity index (χ0v) is 16.2. The van der Waals surface area contributed by atoms with Crippen molar-refractivity contribution in [2.75, 3.05) is 0 Å². The van der Waals surface area contributed by atoms with E-state index in [1.54, 1.807) is 13.8 Å². The third-order valence-electron chi connectivity index (χ3n) is 5.26. The van der Waals surface area contributed by atoms with E-state index in [9.17, 15) is 9.59 Å². The maximum absolute atomic E-state index is 12.2. The fourth-order valence-electron chi connectivity index (χ4n) is 3.49. The molecule has 0 aromatic carbocycles. The van der Waals surface area contributed by atoms with Crippen LogP contribution < -0.4 is 0 Å². The Hall–Kier alpha value is -0.660. The maximum Gasteiger partial charge on any atom is 0.143 e. The van der Waals surface area contributed by atoms with Gasteiger partial charge in [0.05, 0.1) is 5.41 Å². The maximum atomic E-state index is 12.2. The first kappa shape index (κ1) is 37.1. The molecule has 0 unspecified atom stereocenters. The average molecular weight is 389 g/mol. The Balaban J connectivity index is -0.000000403. The fourth-order valence-corrected chi connectivity index (χ4v) is 3.49. The van der Waals surface area contributed by atoms with Gasteiger partial charge >= 0.3 is 0 Å². The number of rotatable bonds is 16. The summed E-state index contributed by atoms with van der Waals surface area (Å²) < 4.78 is 0. The Labute approximate surface area is 174 Å². The minimum Gasteiger partial charge on any atom is -0.299 e. The molecule has 0 bridgehead atoms. The van der Waals surface area contributed by atoms with Crippen molar-refractivity contribution in [1.29, 1.82) is 0 Å². The summed E-state index contributed by atoms with van der Waals surface area (Å²) in [5.74, 6) is 0.180. The summed E-state index contributed by atoms with van der Waals surface area (Å²) in [5.41, 5.74) is -0.685. The Kier molecular flexibility index (Phi) is 32.2. The Morgan fingerprint density at radius 2 is 0.778 bits per heavy atom. The van der Waals surface area contributed by atoms with Crippen LogP contribution in [0.2, 0.25) is 0 Å². The van der Waals surface area contributed by atoms with Crippen LogP contribution >= 0.6 is 0 Å². The van der Waals surface area contributed by atoms with Gasteiger partial charge in [-0.15, -0.1) is 0 Å². The molecule has 27 heavy (non-hydrogen) atoms. The zero-order valence-electron chi connectivity index (χ0n) is 16.2. The lowest BCUT2D eigenvalue weighted by Crippen LogP contribution is -2.36. The van der Waals surface area contributed by atoms with E-state index in [-0.39, 0.29) is 41.3 Å². The van der Waals surface area contributed by atoms with Crippen molar-refractivity contribution in [3.8, 4) is 0 Å². The number of carbonyl (C=O) groups excluding carboxylic acids is 2. The molecule has 0 heterocycles. The highest BCUT2D eigenvalue weighted by Crippen LogP contribution is 2.34. The molecule has 0 aromatic heterocycles. The highest BCUT2D eigenvalue weighted by molar-refractivity contribution is 6.04. The van der Waals surface area contributed by atoms with Crippen molar-refractivity contribution in [2.45, 2.75) is 147 Å². The summed E-state index contributed by atoms with van der Waals surface area (Å²) in [5, 5.41) is 0. The van der Waals surface area contributed by atoms with E-state index < -0.39 is 5.41 Å². The summed E-state index contributed by atoms with van der Waals surface area (Å²) in [6, 6.07) is 0. The van der Waals surface area contributed by atoms with Gasteiger partial charge in [0.25, 0.3) is 0 Å². The second-order valence-corrected chi connectivity index (χ2v) is 7.23. The van der Waals surface area contributed by atoms with Crippen LogP contribution in [0.3, 0.4) is 0 Å². The molecule has 0 fully saturated rings. The summed E-state index contributed by atoms with van der Waals surface area (Å²) in [4.78, 5) is 24.4. The Morgan fingerprint density at radius 3 is 1.04 bits per heavy atom. The van der Waals surface area contributed by atoms with Gasteiger partial charge in [-0.25, -0.2) is 0 Å². The number of hydrogen-bond acceptors (Lipinski definition) is 2. The summed E-state index contributed by atoms with van der Waals surface area (Å²) in [6.45, 7) is 7.68. The first-order valence-electron chi connectivity index (χ1n) is 10.0. The van der Waals surface area contributed by atoms with E-state index in [0.29, 0.717) is 0 Å². The predicted molar refractivity (Wildman–Crippen MR) is 127 cm³/mol. The van der Waals surface area contributed by atoms with E-state index in [1.807, 2.05) is 0 Å². The number of unbranched alkanes of at least 4 members (excludes halogenated alkanes) is 10. The van der Waals surface area contributed by atoms with Crippen LogP contribution in [0.4, 0.5) is 0 Å². The minimum absolute atomic E-state index is 0. The van der Waals surface area contributed by atoms with Crippen molar-refractivity contribution in [2.24, 2.45) is 5.41 Å². The lowest BCUT2D eigenvalue weighted by atomic mass is 9.72. The molecule has 0 radical (unpaired) electrons. The van der Waals surface area contributed by atoms with Gasteiger partial charge in [-0.05, 0) is 26.7 Å².